The number of benzene rings is 1. The number of anilines is 2. The van der Waals surface area contributed by atoms with Crippen molar-refractivity contribution in [2.45, 2.75) is 0 Å². The number of nitrogens with one attached hydrogen (secondary N) is 2. The molecule has 0 atom stereocenters. The molecular weight excluding hydrogens is 268 g/mol. The van der Waals surface area contributed by atoms with E-state index in [-0.39, 0.29) is 11.6 Å². The van der Waals surface area contributed by atoms with E-state index in [0.717, 1.165) is 0 Å². The summed E-state index contributed by atoms with van der Waals surface area (Å²) in [4.78, 5) is 12.0. The van der Waals surface area contributed by atoms with Crippen molar-refractivity contribution in [2.75, 3.05) is 24.3 Å². The Bertz CT molecular complexity index is 626. The molecule has 6 heteroatoms. The molecule has 0 aliphatic heterocycles. The number of hydrogen-bond acceptors (Lipinski definition) is 5. The smallest absolute Gasteiger partial charge is 0.276 e. The van der Waals surface area contributed by atoms with Crippen LogP contribution >= 0.6 is 0 Å². The molecule has 0 bridgehead atoms. The molecule has 6 nitrogen and oxygen atoms in total. The summed E-state index contributed by atoms with van der Waals surface area (Å²) >= 11 is 0. The Labute approximate surface area is 122 Å². The molecule has 2 aromatic rings. The Balaban J connectivity index is 2.03. The van der Waals surface area contributed by atoms with Crippen LogP contribution in [0.3, 0.4) is 0 Å². The van der Waals surface area contributed by atoms with Gasteiger partial charge in [0.2, 0.25) is 0 Å². The fraction of sp³-hybridized carbons (Fsp3) is 0.133. The third-order valence-electron chi connectivity index (χ3n) is 2.65. The number of carbonyl (C=O) groups excluding carboxylic acids is 1. The topological polar surface area (TPSA) is 76.1 Å². The zero-order chi connectivity index (χ0) is 15.1. The van der Waals surface area contributed by atoms with E-state index in [9.17, 15) is 4.79 Å². The molecule has 0 aliphatic rings. The van der Waals surface area contributed by atoms with Gasteiger partial charge in [-0.1, -0.05) is 12.1 Å². The Morgan fingerprint density at radius 2 is 2.19 bits per heavy atom. The maximum absolute atomic E-state index is 12.0. The minimum absolute atomic E-state index is 0.238. The number of hydrogen-bond donors (Lipinski definition) is 2. The van der Waals surface area contributed by atoms with Crippen LogP contribution in [-0.2, 0) is 0 Å². The van der Waals surface area contributed by atoms with Crippen molar-refractivity contribution in [2.24, 2.45) is 0 Å². The summed E-state index contributed by atoms with van der Waals surface area (Å²) in [5.41, 5.74) is 0.872. The Hall–Kier alpha value is -2.89. The van der Waals surface area contributed by atoms with E-state index in [4.69, 9.17) is 4.74 Å². The highest BCUT2D eigenvalue weighted by atomic mass is 16.5. The van der Waals surface area contributed by atoms with Crippen LogP contribution in [0.1, 0.15) is 10.5 Å². The molecule has 1 heterocycles. The quantitative estimate of drug-likeness (QED) is 0.796. The van der Waals surface area contributed by atoms with Crippen molar-refractivity contribution < 1.29 is 9.53 Å². The van der Waals surface area contributed by atoms with Crippen LogP contribution in [0.2, 0.25) is 0 Å². The van der Waals surface area contributed by atoms with Gasteiger partial charge in [0.25, 0.3) is 5.91 Å². The zero-order valence-corrected chi connectivity index (χ0v) is 11.7. The van der Waals surface area contributed by atoms with E-state index in [1.165, 1.54) is 0 Å². The minimum atomic E-state index is -0.328. The van der Waals surface area contributed by atoms with Crippen LogP contribution in [0.15, 0.2) is 49.1 Å². The van der Waals surface area contributed by atoms with Gasteiger partial charge in [0.05, 0.1) is 7.11 Å². The van der Waals surface area contributed by atoms with Gasteiger partial charge in [-0.05, 0) is 24.3 Å². The van der Waals surface area contributed by atoms with Crippen molar-refractivity contribution in [1.29, 1.82) is 0 Å². The first-order chi connectivity index (χ1) is 10.2. The molecule has 0 radical (unpaired) electrons. The highest BCUT2D eigenvalue weighted by molar-refractivity contribution is 6.02. The van der Waals surface area contributed by atoms with E-state index < -0.39 is 0 Å². The number of aromatic nitrogens is 2. The van der Waals surface area contributed by atoms with Crippen LogP contribution in [0.5, 0.6) is 5.75 Å². The molecule has 108 valence electrons. The Kier molecular flexibility index (Phi) is 4.87. The minimum Gasteiger partial charge on any atom is -0.497 e. The zero-order valence-electron chi connectivity index (χ0n) is 11.7. The van der Waals surface area contributed by atoms with Gasteiger partial charge in [0.15, 0.2) is 5.69 Å². The maximum atomic E-state index is 12.0. The molecule has 2 N–H and O–H groups in total. The van der Waals surface area contributed by atoms with Crippen LogP contribution in [0, 0.1) is 0 Å². The first-order valence-electron chi connectivity index (χ1n) is 6.37. The average Bonchev–Trinajstić information content (AvgIpc) is 2.53. The SMILES string of the molecule is C=CCNc1ccc(C(=O)Nc2cccc(OC)c2)nn1. The second-order valence-corrected chi connectivity index (χ2v) is 4.16. The van der Waals surface area contributed by atoms with Crippen molar-refractivity contribution in [3.05, 3.63) is 54.7 Å². The molecular formula is C15H16N4O2. The second-order valence-electron chi connectivity index (χ2n) is 4.16. The van der Waals surface area contributed by atoms with Crippen molar-refractivity contribution in [1.82, 2.24) is 10.2 Å². The van der Waals surface area contributed by atoms with E-state index in [0.29, 0.717) is 23.8 Å². The summed E-state index contributed by atoms with van der Waals surface area (Å²) in [5, 5.41) is 13.5. The van der Waals surface area contributed by atoms with Crippen LogP contribution in [0.25, 0.3) is 0 Å². The molecule has 1 aromatic carbocycles. The summed E-state index contributed by atoms with van der Waals surface area (Å²) < 4.78 is 5.10. The van der Waals surface area contributed by atoms with Crippen LogP contribution in [-0.4, -0.2) is 29.8 Å². The van der Waals surface area contributed by atoms with Gasteiger partial charge in [0, 0.05) is 18.3 Å². The average molecular weight is 284 g/mol. The molecule has 0 fully saturated rings. The first-order valence-corrected chi connectivity index (χ1v) is 6.37. The molecule has 1 amide bonds. The third kappa shape index (κ3) is 4.04. The highest BCUT2D eigenvalue weighted by Gasteiger charge is 2.09. The molecule has 21 heavy (non-hydrogen) atoms. The van der Waals surface area contributed by atoms with Gasteiger partial charge in [0.1, 0.15) is 11.6 Å². The number of carbonyl (C=O) groups is 1. The third-order valence-corrected chi connectivity index (χ3v) is 2.65. The lowest BCUT2D eigenvalue weighted by Gasteiger charge is -2.07. The number of amides is 1. The number of ether oxygens (including phenoxy) is 1. The fourth-order valence-electron chi connectivity index (χ4n) is 1.62. The molecule has 1 aromatic heterocycles. The largest absolute Gasteiger partial charge is 0.497 e. The lowest BCUT2D eigenvalue weighted by Crippen LogP contribution is -2.15. The van der Waals surface area contributed by atoms with E-state index in [1.807, 2.05) is 0 Å². The summed E-state index contributed by atoms with van der Waals surface area (Å²) in [6.07, 6.45) is 1.71. The molecule has 2 rings (SSSR count). The summed E-state index contributed by atoms with van der Waals surface area (Å²) in [6, 6.07) is 10.4. The number of rotatable bonds is 6. The normalized spacial score (nSPS) is 9.76. The maximum Gasteiger partial charge on any atom is 0.276 e. The fourth-order valence-corrected chi connectivity index (χ4v) is 1.62. The van der Waals surface area contributed by atoms with E-state index >= 15 is 0 Å². The number of nitrogens with zero attached hydrogens (tertiary/aromatic N) is 2. The standard InChI is InChI=1S/C15H16N4O2/c1-3-9-16-14-8-7-13(18-19-14)15(20)17-11-5-4-6-12(10-11)21-2/h3-8,10H,1,9H2,2H3,(H,16,19)(H,17,20). The summed E-state index contributed by atoms with van der Waals surface area (Å²) in [6.45, 7) is 4.18. The Morgan fingerprint density at radius 3 is 2.86 bits per heavy atom. The molecule has 0 spiro atoms. The van der Waals surface area contributed by atoms with E-state index in [2.05, 4.69) is 27.4 Å². The van der Waals surface area contributed by atoms with Gasteiger partial charge in [-0.25, -0.2) is 0 Å². The lowest BCUT2D eigenvalue weighted by atomic mass is 10.3. The lowest BCUT2D eigenvalue weighted by molar-refractivity contribution is 0.102. The van der Waals surface area contributed by atoms with Gasteiger partial charge in [-0.3, -0.25) is 4.79 Å². The first kappa shape index (κ1) is 14.5. The molecule has 0 saturated carbocycles. The predicted octanol–water partition coefficient (Wildman–Crippen LogP) is 2.34. The summed E-state index contributed by atoms with van der Waals surface area (Å²) in [7, 11) is 1.57. The molecule has 0 unspecified atom stereocenters. The number of methoxy groups -OCH3 is 1. The molecule has 0 aliphatic carbocycles. The van der Waals surface area contributed by atoms with Gasteiger partial charge < -0.3 is 15.4 Å². The van der Waals surface area contributed by atoms with E-state index in [1.54, 1.807) is 49.6 Å². The van der Waals surface area contributed by atoms with Crippen LogP contribution < -0.4 is 15.4 Å². The Morgan fingerprint density at radius 1 is 1.33 bits per heavy atom. The van der Waals surface area contributed by atoms with Gasteiger partial charge in [-0.2, -0.15) is 0 Å². The van der Waals surface area contributed by atoms with Crippen molar-refractivity contribution in [3.63, 3.8) is 0 Å². The van der Waals surface area contributed by atoms with Gasteiger partial charge in [-0.15, -0.1) is 16.8 Å². The van der Waals surface area contributed by atoms with Crippen molar-refractivity contribution in [3.8, 4) is 5.75 Å². The summed E-state index contributed by atoms with van der Waals surface area (Å²) in [5.74, 6) is 0.932. The van der Waals surface area contributed by atoms with Crippen LogP contribution in [0.4, 0.5) is 11.5 Å². The predicted molar refractivity (Wildman–Crippen MR) is 81.7 cm³/mol. The highest BCUT2D eigenvalue weighted by Crippen LogP contribution is 2.17. The molecule has 0 saturated heterocycles. The second kappa shape index (κ2) is 7.04. The van der Waals surface area contributed by atoms with Gasteiger partial charge >= 0.3 is 0 Å². The monoisotopic (exact) mass is 284 g/mol. The van der Waals surface area contributed by atoms with Crippen molar-refractivity contribution >= 4 is 17.4 Å².